The maximum Gasteiger partial charge on any atom is 0.240 e. The standard InChI is InChI=1S/C18H25N3O2/c1-3-20-9-11-21(12-10-20)17(23)18(7-8-18)16(22)19-15-6-4-5-14(2)13-15/h4-6,13H,3,7-12H2,1-2H3,(H,19,22). The van der Waals surface area contributed by atoms with Gasteiger partial charge in [0.2, 0.25) is 11.8 Å². The molecule has 0 radical (unpaired) electrons. The first-order valence-electron chi connectivity index (χ1n) is 8.45. The Kier molecular flexibility index (Phi) is 4.39. The summed E-state index contributed by atoms with van der Waals surface area (Å²) in [4.78, 5) is 29.7. The molecule has 1 aromatic rings. The number of benzene rings is 1. The Bertz CT molecular complexity index is 602. The lowest BCUT2D eigenvalue weighted by molar-refractivity contribution is -0.143. The number of anilines is 1. The second kappa shape index (κ2) is 6.32. The molecule has 1 aromatic carbocycles. The summed E-state index contributed by atoms with van der Waals surface area (Å²) in [6.07, 6.45) is 1.33. The van der Waals surface area contributed by atoms with Crippen LogP contribution >= 0.6 is 0 Å². The zero-order valence-electron chi connectivity index (χ0n) is 14.0. The van der Waals surface area contributed by atoms with E-state index >= 15 is 0 Å². The van der Waals surface area contributed by atoms with Gasteiger partial charge in [0.25, 0.3) is 0 Å². The Morgan fingerprint density at radius 1 is 1.17 bits per heavy atom. The maximum absolute atomic E-state index is 12.8. The van der Waals surface area contributed by atoms with Gasteiger partial charge < -0.3 is 15.1 Å². The van der Waals surface area contributed by atoms with Crippen molar-refractivity contribution in [2.45, 2.75) is 26.7 Å². The van der Waals surface area contributed by atoms with E-state index in [1.165, 1.54) is 0 Å². The Labute approximate surface area is 137 Å². The van der Waals surface area contributed by atoms with E-state index in [9.17, 15) is 9.59 Å². The van der Waals surface area contributed by atoms with Crippen molar-refractivity contribution in [1.29, 1.82) is 0 Å². The first kappa shape index (κ1) is 16.0. The molecule has 0 aromatic heterocycles. The van der Waals surface area contributed by atoms with Gasteiger partial charge in [-0.15, -0.1) is 0 Å². The zero-order chi connectivity index (χ0) is 16.4. The summed E-state index contributed by atoms with van der Waals surface area (Å²) in [6, 6.07) is 7.70. The lowest BCUT2D eigenvalue weighted by atomic mass is 10.0. The molecule has 0 spiro atoms. The number of carbonyl (C=O) groups is 2. The molecular weight excluding hydrogens is 290 g/mol. The number of carbonyl (C=O) groups excluding carboxylic acids is 2. The molecule has 3 rings (SSSR count). The third-order valence-corrected chi connectivity index (χ3v) is 4.98. The predicted octanol–water partition coefficient (Wildman–Crippen LogP) is 1.88. The summed E-state index contributed by atoms with van der Waals surface area (Å²) in [5, 5.41) is 2.93. The number of likely N-dealkylation sites (N-methyl/N-ethyl adjacent to an activating group) is 1. The summed E-state index contributed by atoms with van der Waals surface area (Å²) < 4.78 is 0. The van der Waals surface area contributed by atoms with Crippen LogP contribution < -0.4 is 5.32 Å². The number of hydrogen-bond acceptors (Lipinski definition) is 3. The summed E-state index contributed by atoms with van der Waals surface area (Å²) in [5.41, 5.74) is 1.04. The molecule has 0 atom stereocenters. The predicted molar refractivity (Wildman–Crippen MR) is 90.2 cm³/mol. The fourth-order valence-corrected chi connectivity index (χ4v) is 3.21. The SMILES string of the molecule is CCN1CCN(C(=O)C2(C(=O)Nc3cccc(C)c3)CC2)CC1. The Balaban J connectivity index is 1.64. The molecule has 1 aliphatic heterocycles. The van der Waals surface area contributed by atoms with Gasteiger partial charge in [-0.05, 0) is 44.0 Å². The number of amides is 2. The number of piperazine rings is 1. The maximum atomic E-state index is 12.8. The van der Waals surface area contributed by atoms with Crippen LogP contribution in [0.5, 0.6) is 0 Å². The van der Waals surface area contributed by atoms with Gasteiger partial charge in [0.05, 0.1) is 0 Å². The van der Waals surface area contributed by atoms with Gasteiger partial charge in [-0.1, -0.05) is 19.1 Å². The Morgan fingerprint density at radius 2 is 1.87 bits per heavy atom. The smallest absolute Gasteiger partial charge is 0.240 e. The van der Waals surface area contributed by atoms with Gasteiger partial charge in [-0.25, -0.2) is 0 Å². The summed E-state index contributed by atoms with van der Waals surface area (Å²) in [5.74, 6) is -0.135. The van der Waals surface area contributed by atoms with E-state index in [1.807, 2.05) is 36.1 Å². The van der Waals surface area contributed by atoms with Gasteiger partial charge in [-0.2, -0.15) is 0 Å². The molecule has 1 N–H and O–H groups in total. The van der Waals surface area contributed by atoms with E-state index in [4.69, 9.17) is 0 Å². The molecule has 1 heterocycles. The van der Waals surface area contributed by atoms with Crippen molar-refractivity contribution in [3.05, 3.63) is 29.8 Å². The summed E-state index contributed by atoms with van der Waals surface area (Å²) in [6.45, 7) is 8.39. The lowest BCUT2D eigenvalue weighted by Crippen LogP contribution is -2.52. The highest BCUT2D eigenvalue weighted by atomic mass is 16.2. The number of hydrogen-bond donors (Lipinski definition) is 1. The molecule has 1 saturated heterocycles. The van der Waals surface area contributed by atoms with Gasteiger partial charge in [0, 0.05) is 31.9 Å². The molecule has 2 aliphatic rings. The molecule has 124 valence electrons. The van der Waals surface area contributed by atoms with Crippen LogP contribution in [0.2, 0.25) is 0 Å². The van der Waals surface area contributed by atoms with Gasteiger partial charge >= 0.3 is 0 Å². The quantitative estimate of drug-likeness (QED) is 0.863. The highest BCUT2D eigenvalue weighted by molar-refractivity contribution is 6.13. The first-order valence-corrected chi connectivity index (χ1v) is 8.45. The van der Waals surface area contributed by atoms with Crippen molar-refractivity contribution in [2.75, 3.05) is 38.0 Å². The normalized spacial score (nSPS) is 20.2. The van der Waals surface area contributed by atoms with E-state index in [1.54, 1.807) is 0 Å². The molecular formula is C18H25N3O2. The minimum Gasteiger partial charge on any atom is -0.339 e. The van der Waals surface area contributed by atoms with E-state index in [-0.39, 0.29) is 11.8 Å². The van der Waals surface area contributed by atoms with E-state index in [0.29, 0.717) is 12.8 Å². The van der Waals surface area contributed by atoms with Crippen LogP contribution in [0.15, 0.2) is 24.3 Å². The molecule has 0 unspecified atom stereocenters. The average molecular weight is 315 g/mol. The summed E-state index contributed by atoms with van der Waals surface area (Å²) in [7, 11) is 0. The van der Waals surface area contributed by atoms with Crippen LogP contribution in [0.1, 0.15) is 25.3 Å². The highest BCUT2D eigenvalue weighted by Gasteiger charge is 2.58. The zero-order valence-corrected chi connectivity index (χ0v) is 14.0. The van der Waals surface area contributed by atoms with Crippen molar-refractivity contribution < 1.29 is 9.59 Å². The topological polar surface area (TPSA) is 52.7 Å². The monoisotopic (exact) mass is 315 g/mol. The molecule has 5 nitrogen and oxygen atoms in total. The van der Waals surface area contributed by atoms with Crippen LogP contribution in [0.3, 0.4) is 0 Å². The molecule has 0 bridgehead atoms. The minimum absolute atomic E-state index is 0.0124. The van der Waals surface area contributed by atoms with Gasteiger partial charge in [0.15, 0.2) is 0 Å². The molecule has 23 heavy (non-hydrogen) atoms. The van der Waals surface area contributed by atoms with Crippen LogP contribution in [0, 0.1) is 12.3 Å². The number of nitrogens with zero attached hydrogens (tertiary/aromatic N) is 2. The largest absolute Gasteiger partial charge is 0.339 e. The van der Waals surface area contributed by atoms with Crippen LogP contribution in [0.4, 0.5) is 5.69 Å². The second-order valence-corrected chi connectivity index (χ2v) is 6.63. The van der Waals surface area contributed by atoms with Crippen LogP contribution in [-0.4, -0.2) is 54.3 Å². The number of aryl methyl sites for hydroxylation is 1. The minimum atomic E-state index is -0.821. The molecule has 5 heteroatoms. The fourth-order valence-electron chi connectivity index (χ4n) is 3.21. The van der Waals surface area contributed by atoms with Crippen LogP contribution in [-0.2, 0) is 9.59 Å². The number of rotatable bonds is 4. The van der Waals surface area contributed by atoms with Crippen molar-refractivity contribution in [3.63, 3.8) is 0 Å². The van der Waals surface area contributed by atoms with Crippen LogP contribution in [0.25, 0.3) is 0 Å². The molecule has 2 amide bonds. The molecule has 1 saturated carbocycles. The van der Waals surface area contributed by atoms with Crippen molar-refractivity contribution >= 4 is 17.5 Å². The Hall–Kier alpha value is -1.88. The van der Waals surface area contributed by atoms with Gasteiger partial charge in [-0.3, -0.25) is 9.59 Å². The van der Waals surface area contributed by atoms with E-state index < -0.39 is 5.41 Å². The molecule has 1 aliphatic carbocycles. The third-order valence-electron chi connectivity index (χ3n) is 4.98. The van der Waals surface area contributed by atoms with Crippen molar-refractivity contribution in [2.24, 2.45) is 5.41 Å². The molecule has 2 fully saturated rings. The summed E-state index contributed by atoms with van der Waals surface area (Å²) >= 11 is 0. The van der Waals surface area contributed by atoms with E-state index in [2.05, 4.69) is 17.1 Å². The average Bonchev–Trinajstić information content (AvgIpc) is 3.36. The first-order chi connectivity index (χ1) is 11.0. The highest BCUT2D eigenvalue weighted by Crippen LogP contribution is 2.48. The Morgan fingerprint density at radius 3 is 2.43 bits per heavy atom. The fraction of sp³-hybridized carbons (Fsp3) is 0.556. The number of nitrogens with one attached hydrogen (secondary N) is 1. The second-order valence-electron chi connectivity index (χ2n) is 6.63. The lowest BCUT2D eigenvalue weighted by Gasteiger charge is -2.35. The van der Waals surface area contributed by atoms with E-state index in [0.717, 1.165) is 44.0 Å². The van der Waals surface area contributed by atoms with Crippen molar-refractivity contribution in [3.8, 4) is 0 Å². The third kappa shape index (κ3) is 3.24. The van der Waals surface area contributed by atoms with Gasteiger partial charge in [0.1, 0.15) is 5.41 Å². The van der Waals surface area contributed by atoms with Crippen molar-refractivity contribution in [1.82, 2.24) is 9.80 Å².